The van der Waals surface area contributed by atoms with Crippen LogP contribution in [0.15, 0.2) is 96.3 Å². The molecule has 0 aliphatic carbocycles. The van der Waals surface area contributed by atoms with E-state index in [-0.39, 0.29) is 41.8 Å². The lowest BCUT2D eigenvalue weighted by Gasteiger charge is -2.34. The van der Waals surface area contributed by atoms with Crippen molar-refractivity contribution in [3.05, 3.63) is 113 Å². The van der Waals surface area contributed by atoms with Crippen molar-refractivity contribution in [1.29, 1.82) is 0 Å². The lowest BCUT2D eigenvalue weighted by Crippen LogP contribution is -2.59. The number of amides is 3. The van der Waals surface area contributed by atoms with Crippen LogP contribution in [0.4, 0.5) is 5.69 Å². The molecule has 1 aliphatic heterocycles. The van der Waals surface area contributed by atoms with E-state index in [1.807, 2.05) is 74.5 Å². The summed E-state index contributed by atoms with van der Waals surface area (Å²) in [6.07, 6.45) is -0.660. The normalized spacial score (nSPS) is 16.2. The quantitative estimate of drug-likeness (QED) is 0.129. The topological polar surface area (TPSA) is 189 Å². The molecule has 14 heteroatoms. The molecule has 4 rings (SSSR count). The standard InChI is InChI=1S/C39H51N5O8S/c1-26(2)23-44(53(49,50)35-25-51-34(52-35)21-28-16-10-7-11-17-28)24-32(45)31(20-27-14-8-6-9-15-27)42-38(48)36(39(3,4)5)43-33(46)22-41-37(47)29-18-12-13-19-30(29)40/h6-19,25-26,31-32,34,36,45H,20-24,40H2,1-5H3,(H,41,47)(H,42,48)(H,43,46). The van der Waals surface area contributed by atoms with E-state index >= 15 is 0 Å². The van der Waals surface area contributed by atoms with Gasteiger partial charge >= 0.3 is 0 Å². The molecule has 0 saturated heterocycles. The predicted octanol–water partition coefficient (Wildman–Crippen LogP) is 3.32. The minimum Gasteiger partial charge on any atom is -0.457 e. The molecule has 3 aromatic rings. The van der Waals surface area contributed by atoms with Gasteiger partial charge in [-0.3, -0.25) is 14.4 Å². The second-order valence-corrected chi connectivity index (χ2v) is 16.4. The highest BCUT2D eigenvalue weighted by Gasteiger charge is 2.39. The number of sulfonamides is 1. The van der Waals surface area contributed by atoms with Gasteiger partial charge in [0.25, 0.3) is 21.0 Å². The number of hydrogen-bond acceptors (Lipinski definition) is 9. The molecule has 53 heavy (non-hydrogen) atoms. The van der Waals surface area contributed by atoms with E-state index in [1.165, 1.54) is 6.07 Å². The molecular weight excluding hydrogens is 699 g/mol. The fourth-order valence-electron chi connectivity index (χ4n) is 5.74. The Labute approximate surface area is 312 Å². The summed E-state index contributed by atoms with van der Waals surface area (Å²) in [5, 5.41) is 19.5. The van der Waals surface area contributed by atoms with Crippen LogP contribution in [-0.4, -0.2) is 79.7 Å². The summed E-state index contributed by atoms with van der Waals surface area (Å²) in [6, 6.07) is 22.9. The predicted molar refractivity (Wildman–Crippen MR) is 202 cm³/mol. The second-order valence-electron chi connectivity index (χ2n) is 14.5. The summed E-state index contributed by atoms with van der Waals surface area (Å²) in [4.78, 5) is 39.7. The van der Waals surface area contributed by atoms with Crippen molar-refractivity contribution in [2.24, 2.45) is 11.3 Å². The number of anilines is 1. The van der Waals surface area contributed by atoms with Gasteiger partial charge in [-0.15, -0.1) is 0 Å². The minimum atomic E-state index is -4.27. The summed E-state index contributed by atoms with van der Waals surface area (Å²) >= 11 is 0. The lowest BCUT2D eigenvalue weighted by molar-refractivity contribution is -0.132. The average Bonchev–Trinajstić information content (AvgIpc) is 3.58. The van der Waals surface area contributed by atoms with Crippen LogP contribution in [0.5, 0.6) is 0 Å². The first kappa shape index (κ1) is 40.8. The zero-order chi connectivity index (χ0) is 38.8. The molecule has 0 saturated carbocycles. The van der Waals surface area contributed by atoms with Crippen molar-refractivity contribution in [2.45, 2.75) is 71.9 Å². The molecular formula is C39H51N5O8S. The Morgan fingerprint density at radius 3 is 2.09 bits per heavy atom. The molecule has 1 heterocycles. The van der Waals surface area contributed by atoms with E-state index in [4.69, 9.17) is 15.2 Å². The Morgan fingerprint density at radius 2 is 1.49 bits per heavy atom. The number of nitrogens with two attached hydrogens (primary N) is 1. The number of carbonyl (C=O) groups is 3. The lowest BCUT2D eigenvalue weighted by atomic mass is 9.85. The van der Waals surface area contributed by atoms with Crippen LogP contribution in [-0.2, 0) is 41.9 Å². The maximum Gasteiger partial charge on any atom is 0.279 e. The number of nitrogen functional groups attached to an aromatic ring is 1. The molecule has 0 fully saturated rings. The van der Waals surface area contributed by atoms with Gasteiger partial charge in [-0.25, -0.2) is 8.42 Å². The monoisotopic (exact) mass is 749 g/mol. The average molecular weight is 750 g/mol. The minimum absolute atomic E-state index is 0.0521. The van der Waals surface area contributed by atoms with E-state index in [2.05, 4.69) is 16.0 Å². The van der Waals surface area contributed by atoms with Crippen molar-refractivity contribution in [3.63, 3.8) is 0 Å². The molecule has 6 N–H and O–H groups in total. The maximum atomic E-state index is 14.0. The molecule has 0 radical (unpaired) electrons. The molecule has 0 aromatic heterocycles. The Hall–Kier alpha value is -4.92. The fourth-order valence-corrected chi connectivity index (χ4v) is 7.24. The molecule has 4 unspecified atom stereocenters. The first-order valence-electron chi connectivity index (χ1n) is 17.6. The Balaban J connectivity index is 1.50. The van der Waals surface area contributed by atoms with Crippen molar-refractivity contribution in [3.8, 4) is 0 Å². The van der Waals surface area contributed by atoms with Crippen molar-refractivity contribution in [1.82, 2.24) is 20.3 Å². The number of rotatable bonds is 17. The van der Waals surface area contributed by atoms with Crippen LogP contribution in [0, 0.1) is 11.3 Å². The van der Waals surface area contributed by atoms with Gasteiger partial charge < -0.3 is 36.3 Å². The fraction of sp³-hybridized carbons (Fsp3) is 0.410. The van der Waals surface area contributed by atoms with Gasteiger partial charge in [-0.05, 0) is 41.0 Å². The number of aliphatic hydroxyl groups excluding tert-OH is 1. The Bertz CT molecular complexity index is 1830. The van der Waals surface area contributed by atoms with Gasteiger partial charge in [0.2, 0.25) is 18.1 Å². The molecule has 3 amide bonds. The van der Waals surface area contributed by atoms with Crippen LogP contribution in [0.25, 0.3) is 0 Å². The number of carbonyl (C=O) groups excluding carboxylic acids is 3. The van der Waals surface area contributed by atoms with Crippen LogP contribution in [0.1, 0.15) is 56.1 Å². The van der Waals surface area contributed by atoms with Crippen LogP contribution in [0.3, 0.4) is 0 Å². The number of hydrogen-bond donors (Lipinski definition) is 5. The third-order valence-corrected chi connectivity index (χ3v) is 10.2. The number of nitrogens with zero attached hydrogens (tertiary/aromatic N) is 1. The first-order chi connectivity index (χ1) is 25.0. The van der Waals surface area contributed by atoms with Gasteiger partial charge in [0.15, 0.2) is 0 Å². The molecule has 3 aromatic carbocycles. The smallest absolute Gasteiger partial charge is 0.279 e. The number of benzene rings is 3. The molecule has 0 bridgehead atoms. The van der Waals surface area contributed by atoms with Crippen molar-refractivity contribution < 1.29 is 37.4 Å². The van der Waals surface area contributed by atoms with Crippen molar-refractivity contribution >= 4 is 33.4 Å². The van der Waals surface area contributed by atoms with Crippen molar-refractivity contribution in [2.75, 3.05) is 25.4 Å². The number of ether oxygens (including phenoxy) is 2. The summed E-state index contributed by atoms with van der Waals surface area (Å²) < 4.78 is 40.4. The van der Waals surface area contributed by atoms with Gasteiger partial charge in [-0.1, -0.05) is 107 Å². The van der Waals surface area contributed by atoms with Crippen LogP contribution in [0.2, 0.25) is 0 Å². The van der Waals surface area contributed by atoms with E-state index in [9.17, 15) is 27.9 Å². The third-order valence-electron chi connectivity index (χ3n) is 8.50. The highest BCUT2D eigenvalue weighted by molar-refractivity contribution is 7.92. The summed E-state index contributed by atoms with van der Waals surface area (Å²) in [5.74, 6) is -1.88. The zero-order valence-electron chi connectivity index (χ0n) is 30.8. The number of aliphatic hydroxyl groups is 1. The third kappa shape index (κ3) is 11.8. The van der Waals surface area contributed by atoms with Crippen LogP contribution < -0.4 is 21.7 Å². The second kappa shape index (κ2) is 18.2. The molecule has 1 aliphatic rings. The molecule has 13 nitrogen and oxygen atoms in total. The first-order valence-corrected chi connectivity index (χ1v) is 19.0. The highest BCUT2D eigenvalue weighted by atomic mass is 32.2. The number of nitrogens with one attached hydrogen (secondary N) is 3. The summed E-state index contributed by atoms with van der Waals surface area (Å²) in [7, 11) is -4.27. The summed E-state index contributed by atoms with van der Waals surface area (Å²) in [5.41, 5.74) is 7.25. The maximum absolute atomic E-state index is 14.0. The molecule has 0 spiro atoms. The SMILES string of the molecule is CC(C)CN(CC(O)C(Cc1ccccc1)NC(=O)C(NC(=O)CNC(=O)c1ccccc1N)C(C)(C)C)S(=O)(=O)C1=COC(Cc2ccccc2)O1. The van der Waals surface area contributed by atoms with E-state index in [0.717, 1.165) is 21.7 Å². The van der Waals surface area contributed by atoms with Gasteiger partial charge in [0.05, 0.1) is 24.3 Å². The van der Waals surface area contributed by atoms with Gasteiger partial charge in [0.1, 0.15) is 12.3 Å². The van der Waals surface area contributed by atoms with E-state index in [0.29, 0.717) is 6.42 Å². The van der Waals surface area contributed by atoms with Gasteiger partial charge in [-0.2, -0.15) is 4.31 Å². The van der Waals surface area contributed by atoms with E-state index in [1.54, 1.807) is 39.0 Å². The highest BCUT2D eigenvalue weighted by Crippen LogP contribution is 2.27. The Morgan fingerprint density at radius 1 is 0.887 bits per heavy atom. The van der Waals surface area contributed by atoms with Crippen LogP contribution >= 0.6 is 0 Å². The summed E-state index contributed by atoms with van der Waals surface area (Å²) in [6.45, 7) is 8.27. The number of para-hydroxylation sites is 1. The Kier molecular flexibility index (Phi) is 14.0. The van der Waals surface area contributed by atoms with Gasteiger partial charge in [0, 0.05) is 25.2 Å². The molecule has 286 valence electrons. The molecule has 4 atom stereocenters. The zero-order valence-corrected chi connectivity index (χ0v) is 31.6. The largest absolute Gasteiger partial charge is 0.457 e. The van der Waals surface area contributed by atoms with E-state index < -0.39 is 64.2 Å².